The third kappa shape index (κ3) is 5.08. The van der Waals surface area contributed by atoms with Gasteiger partial charge >= 0.3 is 0 Å². The first-order valence-corrected chi connectivity index (χ1v) is 22.4. The van der Waals surface area contributed by atoms with Crippen molar-refractivity contribution in [1.29, 1.82) is 0 Å². The quantitative estimate of drug-likeness (QED) is 0.162. The van der Waals surface area contributed by atoms with Crippen LogP contribution in [0, 0.1) is 0 Å². The number of rotatable bonds is 6. The van der Waals surface area contributed by atoms with Crippen LogP contribution in [0.1, 0.15) is 47.2 Å². The molecule has 0 bridgehead atoms. The van der Waals surface area contributed by atoms with Gasteiger partial charge in [-0.15, -0.1) is 0 Å². The normalized spacial score (nSPS) is 14.0. The van der Waals surface area contributed by atoms with E-state index in [0.29, 0.717) is 0 Å². The number of hydrogen-bond donors (Lipinski definition) is 0. The molecule has 0 radical (unpaired) electrons. The molecule has 64 heavy (non-hydrogen) atoms. The molecule has 11 aromatic rings. The summed E-state index contributed by atoms with van der Waals surface area (Å²) in [4.78, 5) is 2.46. The van der Waals surface area contributed by atoms with Gasteiger partial charge in [-0.05, 0) is 116 Å². The first-order valence-electron chi connectivity index (χ1n) is 22.4. The Hall–Kier alpha value is -7.94. The summed E-state index contributed by atoms with van der Waals surface area (Å²) in [6.45, 7) is 4.81. The number of benzene rings is 10. The van der Waals surface area contributed by atoms with Gasteiger partial charge < -0.3 is 9.47 Å². The van der Waals surface area contributed by atoms with Gasteiger partial charge in [-0.2, -0.15) is 0 Å². The molecule has 302 valence electrons. The molecule has 0 spiro atoms. The summed E-state index contributed by atoms with van der Waals surface area (Å²) in [6, 6.07) is 85.7. The SMILES string of the molecule is CC1(C)c2cc(N(c3ccccc3)c3ccc4c(c3)C(c3ccccc3)(c3ccccc3)c3ccccc3-4)ccc2-c2ccc(-n3c4ccccc4c4ccc5ccccc5c43)cc21. The van der Waals surface area contributed by atoms with E-state index in [4.69, 9.17) is 0 Å². The zero-order valence-electron chi connectivity index (χ0n) is 35.8. The smallest absolute Gasteiger partial charge is 0.0714 e. The highest BCUT2D eigenvalue weighted by Crippen LogP contribution is 2.58. The van der Waals surface area contributed by atoms with Crippen molar-refractivity contribution < 1.29 is 0 Å². The molecular formula is C62H44N2. The van der Waals surface area contributed by atoms with E-state index in [2.05, 4.69) is 254 Å². The lowest BCUT2D eigenvalue weighted by Crippen LogP contribution is -2.28. The maximum atomic E-state index is 2.49. The molecule has 2 aliphatic carbocycles. The lowest BCUT2D eigenvalue weighted by atomic mass is 9.67. The third-order valence-corrected chi connectivity index (χ3v) is 14.4. The van der Waals surface area contributed by atoms with E-state index in [1.807, 2.05) is 0 Å². The molecule has 2 nitrogen and oxygen atoms in total. The van der Waals surface area contributed by atoms with Gasteiger partial charge in [0.15, 0.2) is 0 Å². The second kappa shape index (κ2) is 13.8. The number of hydrogen-bond acceptors (Lipinski definition) is 1. The van der Waals surface area contributed by atoms with Crippen molar-refractivity contribution in [2.75, 3.05) is 4.90 Å². The van der Waals surface area contributed by atoms with E-state index in [1.54, 1.807) is 0 Å². The van der Waals surface area contributed by atoms with E-state index < -0.39 is 5.41 Å². The fraction of sp³-hybridized carbons (Fsp3) is 0.0645. The van der Waals surface area contributed by atoms with Gasteiger partial charge in [-0.25, -0.2) is 0 Å². The molecule has 0 atom stereocenters. The average Bonchev–Trinajstić information content (AvgIpc) is 3.93. The summed E-state index contributed by atoms with van der Waals surface area (Å²) in [6.07, 6.45) is 0. The molecule has 0 amide bonds. The maximum absolute atomic E-state index is 2.49. The van der Waals surface area contributed by atoms with Crippen LogP contribution in [0.25, 0.3) is 60.5 Å². The van der Waals surface area contributed by atoms with Gasteiger partial charge in [0.25, 0.3) is 0 Å². The van der Waals surface area contributed by atoms with Crippen LogP contribution in [0.3, 0.4) is 0 Å². The van der Waals surface area contributed by atoms with Crippen molar-refractivity contribution in [2.24, 2.45) is 0 Å². The molecule has 0 unspecified atom stereocenters. The van der Waals surface area contributed by atoms with E-state index in [0.717, 1.165) is 17.1 Å². The maximum Gasteiger partial charge on any atom is 0.0714 e. The molecular weight excluding hydrogens is 773 g/mol. The molecule has 0 saturated heterocycles. The topological polar surface area (TPSA) is 8.17 Å². The van der Waals surface area contributed by atoms with E-state index in [-0.39, 0.29) is 5.41 Å². The largest absolute Gasteiger partial charge is 0.310 e. The summed E-state index contributed by atoms with van der Waals surface area (Å²) in [5, 5.41) is 5.08. The predicted octanol–water partition coefficient (Wildman–Crippen LogP) is 16.1. The zero-order chi connectivity index (χ0) is 42.6. The van der Waals surface area contributed by atoms with Crippen LogP contribution >= 0.6 is 0 Å². The van der Waals surface area contributed by atoms with Crippen LogP contribution in [0.4, 0.5) is 17.1 Å². The number of fused-ring (bicyclic) bond motifs is 11. The lowest BCUT2D eigenvalue weighted by Gasteiger charge is -2.35. The molecule has 0 fully saturated rings. The van der Waals surface area contributed by atoms with Crippen molar-refractivity contribution in [2.45, 2.75) is 24.7 Å². The highest BCUT2D eigenvalue weighted by atomic mass is 15.1. The minimum absolute atomic E-state index is 0.255. The fourth-order valence-corrected chi connectivity index (χ4v) is 11.6. The minimum atomic E-state index is -0.491. The van der Waals surface area contributed by atoms with Crippen LogP contribution in [0.2, 0.25) is 0 Å². The average molecular weight is 817 g/mol. The van der Waals surface area contributed by atoms with Crippen molar-refractivity contribution in [3.63, 3.8) is 0 Å². The Morgan fingerprint density at radius 3 is 1.61 bits per heavy atom. The third-order valence-electron chi connectivity index (χ3n) is 14.4. The Labute approximate surface area is 374 Å². The van der Waals surface area contributed by atoms with Crippen molar-refractivity contribution in [3.05, 3.63) is 264 Å². The van der Waals surface area contributed by atoms with Gasteiger partial charge in [0.2, 0.25) is 0 Å². The second-order valence-electron chi connectivity index (χ2n) is 18.0. The summed E-state index contributed by atoms with van der Waals surface area (Å²) in [5.41, 5.74) is 19.3. The van der Waals surface area contributed by atoms with Crippen molar-refractivity contribution in [3.8, 4) is 27.9 Å². The Kier molecular flexibility index (Phi) is 7.90. The second-order valence-corrected chi connectivity index (χ2v) is 18.0. The Morgan fingerprint density at radius 1 is 0.359 bits per heavy atom. The Balaban J connectivity index is 0.981. The number of aromatic nitrogens is 1. The predicted molar refractivity (Wildman–Crippen MR) is 268 cm³/mol. The zero-order valence-corrected chi connectivity index (χ0v) is 35.8. The van der Waals surface area contributed by atoms with Gasteiger partial charge in [0.1, 0.15) is 0 Å². The number of para-hydroxylation sites is 2. The lowest BCUT2D eigenvalue weighted by molar-refractivity contribution is 0.660. The van der Waals surface area contributed by atoms with Crippen molar-refractivity contribution in [1.82, 2.24) is 4.57 Å². The summed E-state index contributed by atoms with van der Waals surface area (Å²) >= 11 is 0. The highest BCUT2D eigenvalue weighted by molar-refractivity contribution is 6.18. The van der Waals surface area contributed by atoms with Crippen molar-refractivity contribution >= 4 is 49.6 Å². The van der Waals surface area contributed by atoms with Crippen LogP contribution in [-0.2, 0) is 10.8 Å². The Morgan fingerprint density at radius 2 is 0.891 bits per heavy atom. The molecule has 10 aromatic carbocycles. The van der Waals surface area contributed by atoms with Gasteiger partial charge in [0, 0.05) is 44.3 Å². The van der Waals surface area contributed by atoms with Crippen LogP contribution in [0.15, 0.2) is 231 Å². The van der Waals surface area contributed by atoms with Crippen LogP contribution < -0.4 is 4.90 Å². The molecule has 1 heterocycles. The van der Waals surface area contributed by atoms with E-state index in [9.17, 15) is 0 Å². The van der Waals surface area contributed by atoms with Crippen LogP contribution in [-0.4, -0.2) is 4.57 Å². The van der Waals surface area contributed by atoms with E-state index >= 15 is 0 Å². The standard InChI is InChI=1S/C62H44N2/c1-61(2)56-38-45(31-35-50(56)51-36-33-47(39-57(51)61)64-59-29-17-15-27-53(59)54-34-30-41-18-12-13-25-48(41)60(54)64)63(44-23-10-5-11-24-44)46-32-37-52-49-26-14-16-28-55(49)62(58(52)40-46,42-19-6-3-7-20-42)43-21-8-4-9-22-43/h3-40H,1-2H3. The monoisotopic (exact) mass is 816 g/mol. The van der Waals surface area contributed by atoms with Crippen LogP contribution in [0.5, 0.6) is 0 Å². The fourth-order valence-electron chi connectivity index (χ4n) is 11.6. The molecule has 2 heteroatoms. The molecule has 2 aliphatic rings. The highest BCUT2D eigenvalue weighted by Gasteiger charge is 2.46. The van der Waals surface area contributed by atoms with Gasteiger partial charge in [0.05, 0.1) is 16.4 Å². The minimum Gasteiger partial charge on any atom is -0.310 e. The molecule has 1 aromatic heterocycles. The first-order chi connectivity index (χ1) is 31.5. The summed E-state index contributed by atoms with van der Waals surface area (Å²) in [5.74, 6) is 0. The Bertz CT molecular complexity index is 3600. The molecule has 13 rings (SSSR count). The van der Waals surface area contributed by atoms with E-state index in [1.165, 1.54) is 93.9 Å². The number of anilines is 3. The van der Waals surface area contributed by atoms with Gasteiger partial charge in [-0.1, -0.05) is 190 Å². The first kappa shape index (κ1) is 36.7. The molecule has 0 aliphatic heterocycles. The molecule has 0 N–H and O–H groups in total. The number of nitrogens with zero attached hydrogens (tertiary/aromatic N) is 2. The summed E-state index contributed by atoms with van der Waals surface area (Å²) in [7, 11) is 0. The molecule has 0 saturated carbocycles. The van der Waals surface area contributed by atoms with Gasteiger partial charge in [-0.3, -0.25) is 0 Å². The summed E-state index contributed by atoms with van der Waals surface area (Å²) < 4.78 is 2.49.